The first-order valence-corrected chi connectivity index (χ1v) is 9.51. The van der Waals surface area contributed by atoms with Crippen molar-refractivity contribution in [2.45, 2.75) is 38.1 Å². The van der Waals surface area contributed by atoms with Crippen LogP contribution in [0.15, 0.2) is 60.7 Å². The molecule has 0 spiro atoms. The number of carbonyl (C=O) groups is 1. The highest BCUT2D eigenvalue weighted by Gasteiger charge is 2.33. The lowest BCUT2D eigenvalue weighted by Crippen LogP contribution is -2.56. The third-order valence-electron chi connectivity index (χ3n) is 4.96. The third kappa shape index (κ3) is 5.55. The zero-order chi connectivity index (χ0) is 18.9. The van der Waals surface area contributed by atoms with Crippen molar-refractivity contribution in [3.05, 3.63) is 71.8 Å². The molecule has 1 aliphatic heterocycles. The quantitative estimate of drug-likeness (QED) is 0.811. The highest BCUT2D eigenvalue weighted by Crippen LogP contribution is 2.20. The number of benzene rings is 2. The SMILES string of the molecule is COC(=O)N(Cc1ccccc1)[C@@H]1CCCN[C@@H]1COCc1ccccc1. The topological polar surface area (TPSA) is 50.8 Å². The van der Waals surface area contributed by atoms with Gasteiger partial charge in [-0.2, -0.15) is 0 Å². The van der Waals surface area contributed by atoms with Gasteiger partial charge in [-0.25, -0.2) is 4.79 Å². The van der Waals surface area contributed by atoms with E-state index in [9.17, 15) is 4.79 Å². The van der Waals surface area contributed by atoms with Crippen molar-refractivity contribution in [2.24, 2.45) is 0 Å². The Morgan fingerprint density at radius 1 is 1.07 bits per heavy atom. The monoisotopic (exact) mass is 368 g/mol. The van der Waals surface area contributed by atoms with E-state index in [2.05, 4.69) is 17.4 Å². The first kappa shape index (κ1) is 19.4. The van der Waals surface area contributed by atoms with Gasteiger partial charge in [0.05, 0.1) is 32.4 Å². The number of nitrogens with zero attached hydrogens (tertiary/aromatic N) is 1. The number of rotatable bonds is 7. The molecule has 1 fully saturated rings. The minimum absolute atomic E-state index is 0.0437. The summed E-state index contributed by atoms with van der Waals surface area (Å²) in [5, 5.41) is 3.53. The number of carbonyl (C=O) groups excluding carboxylic acids is 1. The van der Waals surface area contributed by atoms with Crippen LogP contribution in [0.4, 0.5) is 4.79 Å². The maximum Gasteiger partial charge on any atom is 0.410 e. The van der Waals surface area contributed by atoms with Crippen LogP contribution < -0.4 is 5.32 Å². The van der Waals surface area contributed by atoms with Crippen molar-refractivity contribution in [1.82, 2.24) is 10.2 Å². The summed E-state index contributed by atoms with van der Waals surface area (Å²) in [5.74, 6) is 0. The van der Waals surface area contributed by atoms with Gasteiger partial charge in [0.1, 0.15) is 0 Å². The standard InChI is InChI=1S/C22H28N2O3/c1-26-22(25)24(15-18-9-4-2-5-10-18)21-13-8-14-23-20(21)17-27-16-19-11-6-3-7-12-19/h2-7,9-12,20-21,23H,8,13-17H2,1H3/t20-,21-/m1/s1. The van der Waals surface area contributed by atoms with E-state index in [0.29, 0.717) is 19.8 Å². The van der Waals surface area contributed by atoms with Crippen LogP contribution in [0.5, 0.6) is 0 Å². The first-order valence-electron chi connectivity index (χ1n) is 9.51. The summed E-state index contributed by atoms with van der Waals surface area (Å²) in [7, 11) is 1.44. The van der Waals surface area contributed by atoms with E-state index < -0.39 is 0 Å². The maximum atomic E-state index is 12.5. The molecule has 3 rings (SSSR count). The van der Waals surface area contributed by atoms with E-state index in [-0.39, 0.29) is 18.2 Å². The van der Waals surface area contributed by atoms with Crippen molar-refractivity contribution >= 4 is 6.09 Å². The molecule has 1 saturated heterocycles. The van der Waals surface area contributed by atoms with E-state index in [1.807, 2.05) is 53.4 Å². The number of amides is 1. The number of hydrogen-bond donors (Lipinski definition) is 1. The lowest BCUT2D eigenvalue weighted by atomic mass is 9.97. The minimum Gasteiger partial charge on any atom is -0.453 e. The second-order valence-electron chi connectivity index (χ2n) is 6.85. The van der Waals surface area contributed by atoms with E-state index in [1.54, 1.807) is 0 Å². The molecule has 144 valence electrons. The Morgan fingerprint density at radius 3 is 2.41 bits per heavy atom. The summed E-state index contributed by atoms with van der Waals surface area (Å²) < 4.78 is 11.0. The number of piperidine rings is 1. The lowest BCUT2D eigenvalue weighted by molar-refractivity contribution is 0.0371. The normalized spacial score (nSPS) is 19.4. The average Bonchev–Trinajstić information content (AvgIpc) is 2.73. The summed E-state index contributed by atoms with van der Waals surface area (Å²) in [6.07, 6.45) is 1.68. The molecule has 2 aromatic carbocycles. The van der Waals surface area contributed by atoms with Crippen LogP contribution in [0.25, 0.3) is 0 Å². The lowest BCUT2D eigenvalue weighted by Gasteiger charge is -2.39. The molecule has 1 amide bonds. The molecular formula is C22H28N2O3. The van der Waals surface area contributed by atoms with Crippen molar-refractivity contribution in [3.8, 4) is 0 Å². The van der Waals surface area contributed by atoms with Crippen molar-refractivity contribution in [2.75, 3.05) is 20.3 Å². The first-order chi connectivity index (χ1) is 13.3. The maximum absolute atomic E-state index is 12.5. The van der Waals surface area contributed by atoms with Gasteiger partial charge >= 0.3 is 6.09 Å². The van der Waals surface area contributed by atoms with E-state index in [1.165, 1.54) is 7.11 Å². The van der Waals surface area contributed by atoms with E-state index in [4.69, 9.17) is 9.47 Å². The average molecular weight is 368 g/mol. The number of nitrogens with one attached hydrogen (secondary N) is 1. The highest BCUT2D eigenvalue weighted by atomic mass is 16.5. The van der Waals surface area contributed by atoms with Crippen molar-refractivity contribution in [3.63, 3.8) is 0 Å². The van der Waals surface area contributed by atoms with Gasteiger partial charge in [-0.1, -0.05) is 60.7 Å². The molecule has 0 aliphatic carbocycles. The number of ether oxygens (including phenoxy) is 2. The molecule has 5 nitrogen and oxygen atoms in total. The molecule has 5 heteroatoms. The molecule has 0 saturated carbocycles. The smallest absolute Gasteiger partial charge is 0.410 e. The van der Waals surface area contributed by atoms with Gasteiger partial charge < -0.3 is 14.8 Å². The number of hydrogen-bond acceptors (Lipinski definition) is 4. The van der Waals surface area contributed by atoms with Gasteiger partial charge in [0.2, 0.25) is 0 Å². The summed E-state index contributed by atoms with van der Waals surface area (Å²) in [6, 6.07) is 20.3. The predicted octanol–water partition coefficient (Wildman–Crippen LogP) is 3.59. The second kappa shape index (κ2) is 10.1. The summed E-state index contributed by atoms with van der Waals surface area (Å²) >= 11 is 0. The fraction of sp³-hybridized carbons (Fsp3) is 0.409. The zero-order valence-electron chi connectivity index (χ0n) is 15.8. The van der Waals surface area contributed by atoms with Gasteiger partial charge in [0.25, 0.3) is 0 Å². The summed E-state index contributed by atoms with van der Waals surface area (Å²) in [4.78, 5) is 14.3. The Bertz CT molecular complexity index is 693. The fourth-order valence-corrected chi connectivity index (χ4v) is 3.57. The van der Waals surface area contributed by atoms with Crippen LogP contribution >= 0.6 is 0 Å². The Hall–Kier alpha value is -2.37. The molecule has 0 radical (unpaired) electrons. The second-order valence-corrected chi connectivity index (χ2v) is 6.85. The fourth-order valence-electron chi connectivity index (χ4n) is 3.57. The van der Waals surface area contributed by atoms with Crippen LogP contribution in [0, 0.1) is 0 Å². The molecule has 27 heavy (non-hydrogen) atoms. The highest BCUT2D eigenvalue weighted by molar-refractivity contribution is 5.68. The van der Waals surface area contributed by atoms with Gasteiger partial charge in [-0.15, -0.1) is 0 Å². The number of methoxy groups -OCH3 is 1. The van der Waals surface area contributed by atoms with Crippen molar-refractivity contribution in [1.29, 1.82) is 0 Å². The van der Waals surface area contributed by atoms with Crippen LogP contribution in [0.2, 0.25) is 0 Å². The molecule has 0 bridgehead atoms. The summed E-state index contributed by atoms with van der Waals surface area (Å²) in [6.45, 7) is 2.61. The molecule has 0 aromatic heterocycles. The minimum atomic E-state index is -0.291. The molecule has 1 N–H and O–H groups in total. The van der Waals surface area contributed by atoms with E-state index in [0.717, 1.165) is 30.5 Å². The Morgan fingerprint density at radius 2 is 1.74 bits per heavy atom. The molecule has 1 heterocycles. The Balaban J connectivity index is 1.65. The Labute approximate surface area is 161 Å². The van der Waals surface area contributed by atoms with Gasteiger partial charge in [-0.05, 0) is 30.5 Å². The van der Waals surface area contributed by atoms with Crippen LogP contribution in [-0.4, -0.2) is 43.3 Å². The zero-order valence-corrected chi connectivity index (χ0v) is 15.8. The van der Waals surface area contributed by atoms with Gasteiger partial charge in [-0.3, -0.25) is 4.90 Å². The Kier molecular flexibility index (Phi) is 7.25. The molecule has 0 unspecified atom stereocenters. The molecule has 1 aliphatic rings. The van der Waals surface area contributed by atoms with E-state index >= 15 is 0 Å². The predicted molar refractivity (Wildman–Crippen MR) is 105 cm³/mol. The van der Waals surface area contributed by atoms with Gasteiger partial charge in [0, 0.05) is 6.54 Å². The van der Waals surface area contributed by atoms with Gasteiger partial charge in [0.15, 0.2) is 0 Å². The van der Waals surface area contributed by atoms with Crippen LogP contribution in [0.1, 0.15) is 24.0 Å². The van der Waals surface area contributed by atoms with Crippen LogP contribution in [-0.2, 0) is 22.6 Å². The van der Waals surface area contributed by atoms with Crippen molar-refractivity contribution < 1.29 is 14.3 Å². The molecule has 2 atom stereocenters. The van der Waals surface area contributed by atoms with Crippen LogP contribution in [0.3, 0.4) is 0 Å². The largest absolute Gasteiger partial charge is 0.453 e. The molecular weight excluding hydrogens is 340 g/mol. The summed E-state index contributed by atoms with van der Waals surface area (Å²) in [5.41, 5.74) is 2.25. The third-order valence-corrected chi connectivity index (χ3v) is 4.96. The molecule has 2 aromatic rings.